The molecule has 2 fully saturated rings. The Labute approximate surface area is 287 Å². The van der Waals surface area contributed by atoms with Crippen LogP contribution in [0.1, 0.15) is 82.4 Å². The highest BCUT2D eigenvalue weighted by molar-refractivity contribution is 5.87. The molecule has 2 aliphatic carbocycles. The maximum absolute atomic E-state index is 14.3. The van der Waals surface area contributed by atoms with Crippen molar-refractivity contribution >= 4 is 23.7 Å². The van der Waals surface area contributed by atoms with E-state index in [4.69, 9.17) is 5.73 Å². The van der Waals surface area contributed by atoms with Crippen LogP contribution in [-0.4, -0.2) is 37.5 Å². The predicted octanol–water partition coefficient (Wildman–Crippen LogP) is 8.64. The number of rotatable bonds is 15. The first-order chi connectivity index (χ1) is 23.4. The highest BCUT2D eigenvalue weighted by atomic mass is 19.4. The number of carbonyl (C=O) groups excluding carboxylic acids is 2. The van der Waals surface area contributed by atoms with Crippen molar-refractivity contribution in [1.82, 2.24) is 10.2 Å². The molecule has 0 bridgehead atoms. The fraction of sp³-hybridized carbons (Fsp3) is 0.421. The fourth-order valence-electron chi connectivity index (χ4n) is 5.20. The van der Waals surface area contributed by atoms with Crippen LogP contribution in [0.15, 0.2) is 89.9 Å². The van der Waals surface area contributed by atoms with Gasteiger partial charge in [-0.2, -0.15) is 13.2 Å². The Bertz CT molecular complexity index is 1520. The van der Waals surface area contributed by atoms with Gasteiger partial charge in [-0.1, -0.05) is 49.6 Å². The van der Waals surface area contributed by atoms with Crippen LogP contribution in [0.4, 0.5) is 28.9 Å². The zero-order valence-electron chi connectivity index (χ0n) is 28.8. The van der Waals surface area contributed by atoms with Crippen LogP contribution in [0.25, 0.3) is 0 Å². The first-order valence-electron chi connectivity index (χ1n) is 16.7. The van der Waals surface area contributed by atoms with E-state index in [0.29, 0.717) is 30.3 Å². The Morgan fingerprint density at radius 2 is 1.88 bits per heavy atom. The molecule has 1 unspecified atom stereocenters. The van der Waals surface area contributed by atoms with Gasteiger partial charge in [-0.25, -0.2) is 4.39 Å². The van der Waals surface area contributed by atoms with Gasteiger partial charge in [0.25, 0.3) is 0 Å². The molecule has 2 aromatic rings. The molecule has 0 aliphatic heterocycles. The topological polar surface area (TPSA) is 90.7 Å². The Hall–Kier alpha value is -4.38. The number of carbonyl (C=O) groups is 2. The van der Waals surface area contributed by atoms with Crippen molar-refractivity contribution in [3.63, 3.8) is 0 Å². The van der Waals surface area contributed by atoms with Gasteiger partial charge in [-0.15, -0.1) is 0 Å². The van der Waals surface area contributed by atoms with Crippen molar-refractivity contribution < 1.29 is 27.2 Å². The van der Waals surface area contributed by atoms with Crippen LogP contribution < -0.4 is 21.3 Å². The lowest BCUT2D eigenvalue weighted by Gasteiger charge is -2.26. The van der Waals surface area contributed by atoms with E-state index in [1.54, 1.807) is 37.9 Å². The van der Waals surface area contributed by atoms with Crippen molar-refractivity contribution in [3.05, 3.63) is 107 Å². The number of benzene rings is 2. The lowest BCUT2D eigenvalue weighted by atomic mass is 9.93. The zero-order valence-corrected chi connectivity index (χ0v) is 28.8. The van der Waals surface area contributed by atoms with E-state index in [2.05, 4.69) is 10.6 Å². The van der Waals surface area contributed by atoms with Gasteiger partial charge in [-0.05, 0) is 92.8 Å². The van der Waals surface area contributed by atoms with E-state index >= 15 is 0 Å². The summed E-state index contributed by atoms with van der Waals surface area (Å²) >= 11 is 0. The van der Waals surface area contributed by atoms with Crippen molar-refractivity contribution in [1.29, 1.82) is 0 Å². The highest BCUT2D eigenvalue weighted by Gasteiger charge is 2.32. The molecule has 0 radical (unpaired) electrons. The Balaban J connectivity index is 0.000000278. The number of hydrogen-bond acceptors (Lipinski definition) is 5. The summed E-state index contributed by atoms with van der Waals surface area (Å²) in [5.41, 5.74) is 9.78. The zero-order chi connectivity index (χ0) is 36.0. The molecule has 11 heteroatoms. The molecule has 49 heavy (non-hydrogen) atoms. The van der Waals surface area contributed by atoms with E-state index in [-0.39, 0.29) is 17.8 Å². The lowest BCUT2D eigenvalue weighted by Crippen LogP contribution is -2.24. The molecule has 0 spiro atoms. The second-order valence-corrected chi connectivity index (χ2v) is 12.3. The number of nitrogens with one attached hydrogen (secondary N) is 2. The Kier molecular flexibility index (Phi) is 15.1. The van der Waals surface area contributed by atoms with E-state index in [1.165, 1.54) is 67.3 Å². The van der Waals surface area contributed by atoms with E-state index < -0.39 is 11.7 Å². The fourth-order valence-corrected chi connectivity index (χ4v) is 5.20. The summed E-state index contributed by atoms with van der Waals surface area (Å²) in [7, 11) is 3.28. The first kappa shape index (κ1) is 39.1. The van der Waals surface area contributed by atoms with Crippen molar-refractivity contribution in [2.45, 2.75) is 84.0 Å². The second kappa shape index (κ2) is 19.0. The minimum atomic E-state index is -4.34. The number of hydrogen-bond donors (Lipinski definition) is 3. The summed E-state index contributed by atoms with van der Waals surface area (Å²) in [6.45, 7) is 3.74. The summed E-state index contributed by atoms with van der Waals surface area (Å²) in [5, 5.41) is 5.58. The van der Waals surface area contributed by atoms with Crippen LogP contribution in [0.5, 0.6) is 0 Å². The highest BCUT2D eigenvalue weighted by Crippen LogP contribution is 2.38. The van der Waals surface area contributed by atoms with Crippen LogP contribution in [0.3, 0.4) is 0 Å². The third-order valence-electron chi connectivity index (χ3n) is 8.65. The molecule has 0 heterocycles. The van der Waals surface area contributed by atoms with Crippen LogP contribution >= 0.6 is 0 Å². The molecule has 4 N–H and O–H groups in total. The van der Waals surface area contributed by atoms with Gasteiger partial charge < -0.3 is 26.2 Å². The predicted molar refractivity (Wildman–Crippen MR) is 189 cm³/mol. The summed E-state index contributed by atoms with van der Waals surface area (Å²) in [4.78, 5) is 26.5. The van der Waals surface area contributed by atoms with Crippen LogP contribution in [0, 0.1) is 11.7 Å². The lowest BCUT2D eigenvalue weighted by molar-refractivity contribution is -0.117. The minimum absolute atomic E-state index is 0.239. The maximum Gasteiger partial charge on any atom is 0.416 e. The first-order valence-corrected chi connectivity index (χ1v) is 16.7. The smallest absolute Gasteiger partial charge is 0.359 e. The summed E-state index contributed by atoms with van der Waals surface area (Å²) in [6.07, 6.45) is 11.3. The second-order valence-electron chi connectivity index (χ2n) is 12.3. The molecular formula is C38H49F4N5O2. The monoisotopic (exact) mass is 683 g/mol. The van der Waals surface area contributed by atoms with Crippen LogP contribution in [0.2, 0.25) is 0 Å². The van der Waals surface area contributed by atoms with Gasteiger partial charge in [0.1, 0.15) is 5.82 Å². The van der Waals surface area contributed by atoms with Gasteiger partial charge in [-0.3, -0.25) is 9.59 Å². The van der Waals surface area contributed by atoms with Crippen LogP contribution in [-0.2, 0) is 16.1 Å². The molecule has 0 saturated heterocycles. The van der Waals surface area contributed by atoms with Gasteiger partial charge >= 0.3 is 6.18 Å². The SMILES string of the molecule is CC/C=C(/C=C(/C)N(C)c1cccc(CN)c1)C(F)(F)F.CNC(=O)/C=C\N(C=O)C(CCC1CC1)c1ccc(F)c(NC=C2CCC2)c1. The number of alkyl halides is 3. The number of anilines is 2. The van der Waals surface area contributed by atoms with Crippen molar-refractivity contribution in [2.75, 3.05) is 24.3 Å². The number of allylic oxidation sites excluding steroid dienone is 5. The van der Waals surface area contributed by atoms with Gasteiger partial charge in [0.15, 0.2) is 0 Å². The molecule has 2 amide bonds. The largest absolute Gasteiger partial charge is 0.416 e. The molecular weight excluding hydrogens is 634 g/mol. The van der Waals surface area contributed by atoms with Gasteiger partial charge in [0.05, 0.1) is 17.3 Å². The Morgan fingerprint density at radius 3 is 2.45 bits per heavy atom. The van der Waals surface area contributed by atoms with E-state index in [1.807, 2.05) is 30.5 Å². The molecule has 1 atom stereocenters. The molecule has 7 nitrogen and oxygen atoms in total. The normalized spacial score (nSPS) is 15.5. The molecule has 4 rings (SSSR count). The number of nitrogens with two attached hydrogens (primary N) is 1. The van der Waals surface area contributed by atoms with Crippen molar-refractivity contribution in [3.8, 4) is 0 Å². The molecule has 2 saturated carbocycles. The molecule has 266 valence electrons. The number of halogens is 4. The van der Waals surface area contributed by atoms with Crippen molar-refractivity contribution in [2.24, 2.45) is 11.7 Å². The third kappa shape index (κ3) is 12.5. The maximum atomic E-state index is 14.3. The van der Waals surface area contributed by atoms with Gasteiger partial charge in [0, 0.05) is 50.5 Å². The summed E-state index contributed by atoms with van der Waals surface area (Å²) in [5.74, 6) is 0.112. The number of likely N-dealkylation sites (N-methyl/N-ethyl adjacent to an activating group) is 1. The average Bonchev–Trinajstić information content (AvgIpc) is 3.90. The third-order valence-corrected chi connectivity index (χ3v) is 8.65. The Morgan fingerprint density at radius 1 is 1.14 bits per heavy atom. The van der Waals surface area contributed by atoms with E-state index in [0.717, 1.165) is 48.9 Å². The summed E-state index contributed by atoms with van der Waals surface area (Å²) < 4.78 is 53.0. The number of nitrogens with zero attached hydrogens (tertiary/aromatic N) is 2. The average molecular weight is 684 g/mol. The van der Waals surface area contributed by atoms with Gasteiger partial charge in [0.2, 0.25) is 12.3 Å². The minimum Gasteiger partial charge on any atom is -0.359 e. The quantitative estimate of drug-likeness (QED) is 0.0757. The standard InChI is InChI=1S/C22H28FN3O2.C16H21F3N2/c1-24-22(28)11-12-26(15-27)21(10-7-16-5-6-16)18-8-9-19(23)20(13-18)25-14-17-3-2-4-17;1-4-6-14(16(17,18)19)9-12(2)21(3)15-8-5-7-13(10-15)11-20/h8-9,11-16,21,25H,2-7,10H2,1H3,(H,24,28);5-10H,4,11,20H2,1-3H3/b12-11-;12-9-,14-6-. The molecule has 0 aromatic heterocycles. The number of amides is 2. The summed E-state index contributed by atoms with van der Waals surface area (Å²) in [6, 6.07) is 12.1. The molecule has 2 aromatic carbocycles. The molecule has 2 aliphatic rings. The van der Waals surface area contributed by atoms with E-state index in [9.17, 15) is 27.2 Å².